The summed E-state index contributed by atoms with van der Waals surface area (Å²) < 4.78 is 4.63. The topological polar surface area (TPSA) is 121 Å². The number of carboxylic acid groups (broad SMARTS) is 1. The lowest BCUT2D eigenvalue weighted by Gasteiger charge is -2.27. The average Bonchev–Trinajstić information content (AvgIpc) is 2.42. The Bertz CT molecular complexity index is 354. The third-order valence-electron chi connectivity index (χ3n) is 2.78. The van der Waals surface area contributed by atoms with E-state index in [1.807, 2.05) is 0 Å². The van der Waals surface area contributed by atoms with E-state index in [4.69, 9.17) is 5.11 Å². The maximum atomic E-state index is 11.5. The second-order valence-electron chi connectivity index (χ2n) is 4.27. The number of carbonyl (C=O) groups excluding carboxylic acids is 2. The van der Waals surface area contributed by atoms with E-state index in [0.29, 0.717) is 0 Å². The van der Waals surface area contributed by atoms with Crippen LogP contribution in [0.4, 0.5) is 0 Å². The van der Waals surface area contributed by atoms with E-state index in [9.17, 15) is 24.6 Å². The molecular weight excluding hydrogens is 232 g/mol. The summed E-state index contributed by atoms with van der Waals surface area (Å²) in [5.74, 6) is -7.75. The Morgan fingerprint density at radius 3 is 2.29 bits per heavy atom. The molecule has 0 aliphatic heterocycles. The number of carbonyl (C=O) groups is 3. The molecule has 7 nitrogen and oxygen atoms in total. The molecule has 96 valence electrons. The number of ketones is 1. The van der Waals surface area contributed by atoms with Crippen LogP contribution >= 0.6 is 0 Å². The summed E-state index contributed by atoms with van der Waals surface area (Å²) in [7, 11) is 0. The first-order valence-electron chi connectivity index (χ1n) is 5.02. The smallest absolute Gasteiger partial charge is 0.311 e. The minimum atomic E-state index is -2.31. The highest BCUT2D eigenvalue weighted by atomic mass is 16.5. The summed E-state index contributed by atoms with van der Waals surface area (Å²) in [6, 6.07) is 0. The summed E-state index contributed by atoms with van der Waals surface area (Å²) in [5, 5.41) is 27.8. The molecule has 0 aromatic rings. The van der Waals surface area contributed by atoms with Crippen molar-refractivity contribution < 1.29 is 34.4 Å². The van der Waals surface area contributed by atoms with Crippen molar-refractivity contribution in [1.82, 2.24) is 0 Å². The van der Waals surface area contributed by atoms with E-state index in [1.165, 1.54) is 0 Å². The Morgan fingerprint density at radius 2 is 1.94 bits per heavy atom. The van der Waals surface area contributed by atoms with Gasteiger partial charge in [-0.3, -0.25) is 14.4 Å². The van der Waals surface area contributed by atoms with Crippen molar-refractivity contribution in [3.8, 4) is 0 Å². The number of Topliss-reactive ketones (excluding diaryl/α,β-unsaturated/α-hetero) is 1. The molecule has 3 atom stereocenters. The second-order valence-corrected chi connectivity index (χ2v) is 4.27. The molecule has 0 bridgehead atoms. The van der Waals surface area contributed by atoms with Crippen LogP contribution in [0.25, 0.3) is 0 Å². The third kappa shape index (κ3) is 2.80. The SMILES string of the molecule is CC(=O)OC1C(=O)CC(C(C)(O)O)C1C(=O)O. The van der Waals surface area contributed by atoms with Crippen LogP contribution in [-0.2, 0) is 19.1 Å². The molecule has 0 aromatic carbocycles. The van der Waals surface area contributed by atoms with Gasteiger partial charge in [0.25, 0.3) is 0 Å². The van der Waals surface area contributed by atoms with Gasteiger partial charge in [-0.1, -0.05) is 0 Å². The quantitative estimate of drug-likeness (QED) is 0.427. The van der Waals surface area contributed by atoms with Gasteiger partial charge in [-0.05, 0) is 6.92 Å². The maximum Gasteiger partial charge on any atom is 0.311 e. The van der Waals surface area contributed by atoms with Crippen molar-refractivity contribution in [3.05, 3.63) is 0 Å². The van der Waals surface area contributed by atoms with E-state index in [1.54, 1.807) is 0 Å². The van der Waals surface area contributed by atoms with Crippen molar-refractivity contribution >= 4 is 17.7 Å². The fourth-order valence-corrected chi connectivity index (χ4v) is 2.02. The first-order chi connectivity index (χ1) is 7.64. The van der Waals surface area contributed by atoms with Crippen LogP contribution in [0.1, 0.15) is 20.3 Å². The van der Waals surface area contributed by atoms with Gasteiger partial charge in [0.05, 0.1) is 0 Å². The van der Waals surface area contributed by atoms with Crippen LogP contribution in [0, 0.1) is 11.8 Å². The molecule has 3 unspecified atom stereocenters. The molecule has 17 heavy (non-hydrogen) atoms. The maximum absolute atomic E-state index is 11.5. The molecule has 1 saturated carbocycles. The molecule has 0 spiro atoms. The van der Waals surface area contributed by atoms with Crippen LogP contribution in [0.2, 0.25) is 0 Å². The van der Waals surface area contributed by atoms with Crippen molar-refractivity contribution in [2.24, 2.45) is 11.8 Å². The molecule has 0 radical (unpaired) electrons. The summed E-state index contributed by atoms with van der Waals surface area (Å²) in [6.07, 6.45) is -1.80. The third-order valence-corrected chi connectivity index (χ3v) is 2.78. The molecular formula is C10H14O7. The average molecular weight is 246 g/mol. The number of esters is 1. The number of aliphatic carboxylic acids is 1. The Labute approximate surface area is 97.0 Å². The van der Waals surface area contributed by atoms with Crippen LogP contribution in [0.15, 0.2) is 0 Å². The highest BCUT2D eigenvalue weighted by Gasteiger charge is 2.54. The predicted molar refractivity (Wildman–Crippen MR) is 52.6 cm³/mol. The van der Waals surface area contributed by atoms with Crippen LogP contribution in [0.5, 0.6) is 0 Å². The van der Waals surface area contributed by atoms with Gasteiger partial charge in [0.1, 0.15) is 5.92 Å². The van der Waals surface area contributed by atoms with Crippen molar-refractivity contribution in [2.75, 3.05) is 0 Å². The molecule has 3 N–H and O–H groups in total. The molecule has 0 heterocycles. The molecule has 0 aromatic heterocycles. The first-order valence-corrected chi connectivity index (χ1v) is 5.02. The van der Waals surface area contributed by atoms with Gasteiger partial charge in [0, 0.05) is 19.3 Å². The number of aliphatic hydroxyl groups is 2. The van der Waals surface area contributed by atoms with Gasteiger partial charge in [0.15, 0.2) is 17.7 Å². The molecule has 1 rings (SSSR count). The molecule has 0 saturated heterocycles. The van der Waals surface area contributed by atoms with E-state index >= 15 is 0 Å². The Morgan fingerprint density at radius 1 is 1.41 bits per heavy atom. The molecule has 1 fully saturated rings. The largest absolute Gasteiger partial charge is 0.481 e. The lowest BCUT2D eigenvalue weighted by atomic mass is 9.88. The monoisotopic (exact) mass is 246 g/mol. The van der Waals surface area contributed by atoms with Crippen molar-refractivity contribution in [3.63, 3.8) is 0 Å². The van der Waals surface area contributed by atoms with E-state index in [-0.39, 0.29) is 6.42 Å². The number of ether oxygens (including phenoxy) is 1. The Kier molecular flexibility index (Phi) is 3.53. The molecule has 7 heteroatoms. The standard InChI is InChI=1S/C10H14O7/c1-4(11)17-8-6(12)3-5(10(2,15)16)7(8)9(13)14/h5,7-8,15-16H,3H2,1-2H3,(H,13,14). The number of hydrogen-bond donors (Lipinski definition) is 3. The summed E-state index contributed by atoms with van der Waals surface area (Å²) in [4.78, 5) is 33.3. The highest BCUT2D eigenvalue weighted by Crippen LogP contribution is 2.38. The zero-order chi connectivity index (χ0) is 13.4. The van der Waals surface area contributed by atoms with Crippen LogP contribution in [0.3, 0.4) is 0 Å². The highest BCUT2D eigenvalue weighted by molar-refractivity contribution is 5.93. The zero-order valence-corrected chi connectivity index (χ0v) is 9.41. The number of carboxylic acids is 1. The minimum Gasteiger partial charge on any atom is -0.481 e. The normalized spacial score (nSPS) is 29.2. The van der Waals surface area contributed by atoms with Crippen molar-refractivity contribution in [2.45, 2.75) is 32.2 Å². The minimum absolute atomic E-state index is 0.349. The Hall–Kier alpha value is -1.47. The lowest BCUT2D eigenvalue weighted by molar-refractivity contribution is -0.204. The fraction of sp³-hybridized carbons (Fsp3) is 0.700. The second kappa shape index (κ2) is 4.42. The number of rotatable bonds is 3. The van der Waals surface area contributed by atoms with Gasteiger partial charge >= 0.3 is 11.9 Å². The zero-order valence-electron chi connectivity index (χ0n) is 9.41. The van der Waals surface area contributed by atoms with Crippen molar-refractivity contribution in [1.29, 1.82) is 0 Å². The molecule has 0 amide bonds. The number of hydrogen-bond acceptors (Lipinski definition) is 6. The van der Waals surface area contributed by atoms with Crippen LogP contribution < -0.4 is 0 Å². The first kappa shape index (κ1) is 13.6. The van der Waals surface area contributed by atoms with Gasteiger partial charge in [-0.2, -0.15) is 0 Å². The fourth-order valence-electron chi connectivity index (χ4n) is 2.02. The van der Waals surface area contributed by atoms with Crippen LogP contribution in [-0.4, -0.2) is 44.9 Å². The van der Waals surface area contributed by atoms with Gasteiger partial charge < -0.3 is 20.1 Å². The lowest BCUT2D eigenvalue weighted by Crippen LogP contribution is -2.43. The predicted octanol–water partition coefficient (Wildman–Crippen LogP) is -1.09. The van der Waals surface area contributed by atoms with E-state index in [2.05, 4.69) is 4.74 Å². The van der Waals surface area contributed by atoms with E-state index < -0.39 is 41.4 Å². The molecule has 1 aliphatic carbocycles. The summed E-state index contributed by atoms with van der Waals surface area (Å²) >= 11 is 0. The Balaban J connectivity index is 3.03. The molecule has 1 aliphatic rings. The summed E-state index contributed by atoms with van der Waals surface area (Å²) in [5.41, 5.74) is 0. The van der Waals surface area contributed by atoms with Gasteiger partial charge in [-0.15, -0.1) is 0 Å². The summed E-state index contributed by atoms with van der Waals surface area (Å²) in [6.45, 7) is 2.05. The van der Waals surface area contributed by atoms with Gasteiger partial charge in [0.2, 0.25) is 0 Å². The van der Waals surface area contributed by atoms with E-state index in [0.717, 1.165) is 13.8 Å². The van der Waals surface area contributed by atoms with Gasteiger partial charge in [-0.25, -0.2) is 0 Å².